The molecule has 0 saturated carbocycles. The Kier molecular flexibility index (Phi) is 4.28. The summed E-state index contributed by atoms with van der Waals surface area (Å²) in [4.78, 5) is 18.3. The molecule has 3 atom stereocenters. The van der Waals surface area contributed by atoms with Gasteiger partial charge in [0, 0.05) is 18.0 Å². The highest BCUT2D eigenvalue weighted by atomic mass is 35.5. The van der Waals surface area contributed by atoms with Gasteiger partial charge in [-0.3, -0.25) is 4.79 Å². The SMILES string of the molecule is CC1CC(C)C(C)N(c2nc(C(=O)CCl)cs2)C1. The van der Waals surface area contributed by atoms with Crippen molar-refractivity contribution in [1.82, 2.24) is 4.98 Å². The number of hydrogen-bond acceptors (Lipinski definition) is 4. The van der Waals surface area contributed by atoms with Crippen LogP contribution in [-0.2, 0) is 0 Å². The molecule has 1 saturated heterocycles. The van der Waals surface area contributed by atoms with Crippen molar-refractivity contribution < 1.29 is 4.79 Å². The van der Waals surface area contributed by atoms with E-state index in [4.69, 9.17) is 11.6 Å². The number of piperidine rings is 1. The van der Waals surface area contributed by atoms with Crippen LogP contribution < -0.4 is 4.90 Å². The molecule has 0 aromatic carbocycles. The Balaban J connectivity index is 2.19. The van der Waals surface area contributed by atoms with Crippen LogP contribution in [0.2, 0.25) is 0 Å². The van der Waals surface area contributed by atoms with E-state index in [2.05, 4.69) is 30.7 Å². The van der Waals surface area contributed by atoms with E-state index in [0.29, 0.717) is 23.6 Å². The first kappa shape index (κ1) is 13.8. The Labute approximate surface area is 117 Å². The van der Waals surface area contributed by atoms with Gasteiger partial charge in [0.15, 0.2) is 10.9 Å². The molecule has 1 aromatic rings. The van der Waals surface area contributed by atoms with E-state index >= 15 is 0 Å². The Morgan fingerprint density at radius 3 is 2.94 bits per heavy atom. The van der Waals surface area contributed by atoms with E-state index < -0.39 is 0 Å². The third-order valence-electron chi connectivity index (χ3n) is 3.74. The maximum absolute atomic E-state index is 11.5. The number of halogens is 1. The maximum Gasteiger partial charge on any atom is 0.196 e. The first-order chi connectivity index (χ1) is 8.52. The monoisotopic (exact) mass is 286 g/mol. The van der Waals surface area contributed by atoms with E-state index in [1.54, 1.807) is 11.3 Å². The molecule has 0 amide bonds. The molecule has 0 N–H and O–H groups in total. The summed E-state index contributed by atoms with van der Waals surface area (Å²) in [6.07, 6.45) is 1.26. The zero-order chi connectivity index (χ0) is 13.3. The number of alkyl halides is 1. The first-order valence-electron chi connectivity index (χ1n) is 6.34. The molecule has 0 aliphatic carbocycles. The van der Waals surface area contributed by atoms with Crippen LogP contribution in [0.5, 0.6) is 0 Å². The second kappa shape index (κ2) is 5.57. The number of aromatic nitrogens is 1. The molecule has 1 aromatic heterocycles. The van der Waals surface area contributed by atoms with Crippen molar-refractivity contribution in [2.24, 2.45) is 11.8 Å². The van der Waals surface area contributed by atoms with E-state index in [1.807, 2.05) is 5.38 Å². The van der Waals surface area contributed by atoms with Gasteiger partial charge < -0.3 is 4.90 Å². The third-order valence-corrected chi connectivity index (χ3v) is 4.86. The minimum absolute atomic E-state index is 0.00549. The van der Waals surface area contributed by atoms with Crippen LogP contribution in [0.4, 0.5) is 5.13 Å². The van der Waals surface area contributed by atoms with E-state index in [1.165, 1.54) is 6.42 Å². The summed E-state index contributed by atoms with van der Waals surface area (Å²) in [6, 6.07) is 0.478. The molecule has 0 bridgehead atoms. The Morgan fingerprint density at radius 1 is 1.56 bits per heavy atom. The van der Waals surface area contributed by atoms with Crippen molar-refractivity contribution >= 4 is 33.9 Å². The van der Waals surface area contributed by atoms with Crippen molar-refractivity contribution in [1.29, 1.82) is 0 Å². The van der Waals surface area contributed by atoms with E-state index in [0.717, 1.165) is 11.7 Å². The molecule has 18 heavy (non-hydrogen) atoms. The molecule has 5 heteroatoms. The lowest BCUT2D eigenvalue weighted by atomic mass is 9.86. The molecule has 1 aliphatic heterocycles. The molecule has 2 rings (SSSR count). The minimum atomic E-state index is -0.0927. The van der Waals surface area contributed by atoms with Gasteiger partial charge in [0.25, 0.3) is 0 Å². The summed E-state index contributed by atoms with van der Waals surface area (Å²) in [7, 11) is 0. The molecule has 2 heterocycles. The number of nitrogens with zero attached hydrogens (tertiary/aromatic N) is 2. The average molecular weight is 287 g/mol. The van der Waals surface area contributed by atoms with Gasteiger partial charge in [0.05, 0.1) is 5.88 Å². The maximum atomic E-state index is 11.5. The Hall–Kier alpha value is -0.610. The largest absolute Gasteiger partial charge is 0.345 e. The lowest BCUT2D eigenvalue weighted by Crippen LogP contribution is -2.45. The summed E-state index contributed by atoms with van der Waals surface area (Å²) >= 11 is 7.10. The van der Waals surface area contributed by atoms with Crippen molar-refractivity contribution in [3.63, 3.8) is 0 Å². The molecule has 3 unspecified atom stereocenters. The predicted octanol–water partition coefficient (Wildman–Crippen LogP) is 3.44. The van der Waals surface area contributed by atoms with Crippen LogP contribution in [0.3, 0.4) is 0 Å². The van der Waals surface area contributed by atoms with Crippen molar-refractivity contribution in [3.8, 4) is 0 Å². The molecule has 3 nitrogen and oxygen atoms in total. The number of carbonyl (C=O) groups is 1. The highest BCUT2D eigenvalue weighted by molar-refractivity contribution is 7.14. The Morgan fingerprint density at radius 2 is 2.28 bits per heavy atom. The molecular formula is C13H19ClN2OS. The number of rotatable bonds is 3. The zero-order valence-electron chi connectivity index (χ0n) is 11.0. The minimum Gasteiger partial charge on any atom is -0.345 e. The molecule has 0 radical (unpaired) electrons. The summed E-state index contributed by atoms with van der Waals surface area (Å²) in [5, 5.41) is 2.77. The van der Waals surface area contributed by atoms with Crippen molar-refractivity contribution in [3.05, 3.63) is 11.1 Å². The van der Waals surface area contributed by atoms with Crippen LogP contribution in [0.25, 0.3) is 0 Å². The highest BCUT2D eigenvalue weighted by Gasteiger charge is 2.30. The fourth-order valence-electron chi connectivity index (χ4n) is 2.56. The third kappa shape index (κ3) is 2.69. The van der Waals surface area contributed by atoms with Gasteiger partial charge in [-0.15, -0.1) is 22.9 Å². The van der Waals surface area contributed by atoms with Gasteiger partial charge in [-0.2, -0.15) is 0 Å². The fourth-order valence-corrected chi connectivity index (χ4v) is 3.63. The number of ketones is 1. The van der Waals surface area contributed by atoms with Gasteiger partial charge in [0.2, 0.25) is 0 Å². The molecular weight excluding hydrogens is 268 g/mol. The zero-order valence-corrected chi connectivity index (χ0v) is 12.6. The summed E-state index contributed by atoms with van der Waals surface area (Å²) in [5.41, 5.74) is 0.503. The van der Waals surface area contributed by atoms with Gasteiger partial charge in [-0.1, -0.05) is 13.8 Å². The smallest absolute Gasteiger partial charge is 0.196 e. The number of hydrogen-bond donors (Lipinski definition) is 0. The van der Waals surface area contributed by atoms with Crippen LogP contribution in [0.1, 0.15) is 37.7 Å². The number of thiazole rings is 1. The lowest BCUT2D eigenvalue weighted by Gasteiger charge is -2.41. The number of carbonyl (C=O) groups excluding carboxylic acids is 1. The van der Waals surface area contributed by atoms with E-state index in [-0.39, 0.29) is 11.7 Å². The quantitative estimate of drug-likeness (QED) is 0.630. The van der Waals surface area contributed by atoms with Crippen molar-refractivity contribution in [2.45, 2.75) is 33.2 Å². The number of Topliss-reactive ketones (excluding diaryl/α,β-unsaturated/α-hetero) is 1. The van der Waals surface area contributed by atoms with Crippen LogP contribution in [0.15, 0.2) is 5.38 Å². The summed E-state index contributed by atoms with van der Waals surface area (Å²) < 4.78 is 0. The first-order valence-corrected chi connectivity index (χ1v) is 7.75. The van der Waals surface area contributed by atoms with Crippen molar-refractivity contribution in [2.75, 3.05) is 17.3 Å². The predicted molar refractivity (Wildman–Crippen MR) is 76.9 cm³/mol. The van der Waals surface area contributed by atoms with Gasteiger partial charge in [-0.25, -0.2) is 4.98 Å². The summed E-state index contributed by atoms with van der Waals surface area (Å²) in [5.74, 6) is 1.24. The second-order valence-electron chi connectivity index (χ2n) is 5.28. The number of anilines is 1. The second-order valence-corrected chi connectivity index (χ2v) is 6.39. The highest BCUT2D eigenvalue weighted by Crippen LogP contribution is 2.33. The molecule has 1 aliphatic rings. The van der Waals surface area contributed by atoms with Gasteiger partial charge in [0.1, 0.15) is 5.69 Å². The van der Waals surface area contributed by atoms with Gasteiger partial charge >= 0.3 is 0 Å². The lowest BCUT2D eigenvalue weighted by molar-refractivity contribution is 0.101. The topological polar surface area (TPSA) is 33.2 Å². The van der Waals surface area contributed by atoms with Gasteiger partial charge in [-0.05, 0) is 25.2 Å². The van der Waals surface area contributed by atoms with E-state index in [9.17, 15) is 4.79 Å². The average Bonchev–Trinajstić information content (AvgIpc) is 2.82. The molecule has 0 spiro atoms. The normalized spacial score (nSPS) is 28.4. The molecule has 1 fully saturated rings. The Bertz CT molecular complexity index is 434. The van der Waals surface area contributed by atoms with Crippen LogP contribution in [-0.4, -0.2) is 29.2 Å². The standard InChI is InChI=1S/C13H19ClN2OS/c1-8-4-9(2)10(3)16(6-8)13-15-11(7-18-13)12(17)5-14/h7-10H,4-6H2,1-3H3. The summed E-state index contributed by atoms with van der Waals surface area (Å²) in [6.45, 7) is 7.81. The van der Waals surface area contributed by atoms with Crippen LogP contribution >= 0.6 is 22.9 Å². The van der Waals surface area contributed by atoms with Crippen LogP contribution in [0, 0.1) is 11.8 Å². The molecule has 100 valence electrons. The fraction of sp³-hybridized carbons (Fsp3) is 0.692.